The van der Waals surface area contributed by atoms with E-state index in [1.807, 2.05) is 29.6 Å². The molecule has 0 aliphatic heterocycles. The number of hydrogen-bond acceptors (Lipinski definition) is 6. The van der Waals surface area contributed by atoms with Crippen LogP contribution in [0.1, 0.15) is 31.0 Å². The fourth-order valence-corrected chi connectivity index (χ4v) is 3.11. The van der Waals surface area contributed by atoms with Gasteiger partial charge in [-0.1, -0.05) is 19.4 Å². The molecule has 0 bridgehead atoms. The molecule has 0 spiro atoms. The van der Waals surface area contributed by atoms with Gasteiger partial charge in [0.1, 0.15) is 0 Å². The molecule has 7 heteroatoms. The first kappa shape index (κ1) is 18.1. The maximum Gasteiger partial charge on any atom is 0.226 e. The molecule has 0 aliphatic carbocycles. The molecule has 0 aromatic carbocycles. The molecule has 1 N–H and O–H groups in total. The van der Waals surface area contributed by atoms with Crippen LogP contribution in [0.2, 0.25) is 0 Å². The second-order valence-corrected chi connectivity index (χ2v) is 6.60. The molecule has 3 aromatic rings. The highest BCUT2D eigenvalue weighted by atomic mass is 32.1. The second-order valence-electron chi connectivity index (χ2n) is 5.74. The van der Waals surface area contributed by atoms with Gasteiger partial charge in [-0.15, -0.1) is 11.3 Å². The number of ether oxygens (including phenoxy) is 1. The van der Waals surface area contributed by atoms with Gasteiger partial charge in [-0.05, 0) is 24.6 Å². The van der Waals surface area contributed by atoms with Crippen LogP contribution in [0.4, 0.5) is 0 Å². The van der Waals surface area contributed by atoms with Gasteiger partial charge in [-0.3, -0.25) is 4.79 Å². The standard InChI is InChI=1S/C19H21N3O3S/c1-2-3-9-25-18-14(6-4-8-20-18)12-21-17(23)11-15-13-26-19(22-15)16-7-5-10-24-16/h4-8,10,13H,2-3,9,11-12H2,1H3,(H,21,23). The molecule has 1 amide bonds. The van der Waals surface area contributed by atoms with Crippen LogP contribution in [-0.4, -0.2) is 22.5 Å². The SMILES string of the molecule is CCCCOc1ncccc1CNC(=O)Cc1csc(-c2ccco2)n1. The summed E-state index contributed by atoms with van der Waals surface area (Å²) in [5, 5.41) is 5.56. The summed E-state index contributed by atoms with van der Waals surface area (Å²) in [6.07, 6.45) is 5.56. The number of carbonyl (C=O) groups excluding carboxylic acids is 1. The molecule has 6 nitrogen and oxygen atoms in total. The fraction of sp³-hybridized carbons (Fsp3) is 0.316. The lowest BCUT2D eigenvalue weighted by Crippen LogP contribution is -2.25. The van der Waals surface area contributed by atoms with Crippen molar-refractivity contribution >= 4 is 17.2 Å². The van der Waals surface area contributed by atoms with Crippen LogP contribution >= 0.6 is 11.3 Å². The monoisotopic (exact) mass is 371 g/mol. The Morgan fingerprint density at radius 3 is 3.08 bits per heavy atom. The van der Waals surface area contributed by atoms with E-state index in [-0.39, 0.29) is 12.3 Å². The summed E-state index contributed by atoms with van der Waals surface area (Å²) in [6.45, 7) is 3.12. The number of hydrogen-bond donors (Lipinski definition) is 1. The summed E-state index contributed by atoms with van der Waals surface area (Å²) in [7, 11) is 0. The predicted molar refractivity (Wildman–Crippen MR) is 100 cm³/mol. The van der Waals surface area contributed by atoms with Gasteiger partial charge in [0.25, 0.3) is 0 Å². The maximum absolute atomic E-state index is 12.2. The number of pyridine rings is 1. The minimum Gasteiger partial charge on any atom is -0.477 e. The van der Waals surface area contributed by atoms with Gasteiger partial charge in [0, 0.05) is 23.7 Å². The molecule has 0 radical (unpaired) electrons. The van der Waals surface area contributed by atoms with Crippen LogP contribution in [0.5, 0.6) is 5.88 Å². The number of nitrogens with one attached hydrogen (secondary N) is 1. The molecule has 26 heavy (non-hydrogen) atoms. The largest absolute Gasteiger partial charge is 0.477 e. The second kappa shape index (κ2) is 9.15. The topological polar surface area (TPSA) is 77.2 Å². The molecule has 3 rings (SSSR count). The summed E-state index contributed by atoms with van der Waals surface area (Å²) in [6, 6.07) is 7.42. The molecule has 3 heterocycles. The van der Waals surface area contributed by atoms with E-state index < -0.39 is 0 Å². The third kappa shape index (κ3) is 4.92. The molecule has 136 valence electrons. The highest BCUT2D eigenvalue weighted by Crippen LogP contribution is 2.24. The average molecular weight is 371 g/mol. The van der Waals surface area contributed by atoms with E-state index >= 15 is 0 Å². The Labute approximate surface area is 156 Å². The summed E-state index contributed by atoms with van der Waals surface area (Å²) >= 11 is 1.46. The van der Waals surface area contributed by atoms with E-state index in [1.54, 1.807) is 12.5 Å². The number of furan rings is 1. The molecular weight excluding hydrogens is 350 g/mol. The van der Waals surface area contributed by atoms with Gasteiger partial charge in [-0.2, -0.15) is 0 Å². The van der Waals surface area contributed by atoms with Crippen molar-refractivity contribution in [2.45, 2.75) is 32.7 Å². The van der Waals surface area contributed by atoms with Crippen molar-refractivity contribution in [3.8, 4) is 16.6 Å². The molecule has 0 fully saturated rings. The van der Waals surface area contributed by atoms with Gasteiger partial charge in [0.05, 0.1) is 25.0 Å². The van der Waals surface area contributed by atoms with E-state index in [4.69, 9.17) is 9.15 Å². The number of thiazole rings is 1. The molecule has 0 atom stereocenters. The van der Waals surface area contributed by atoms with Crippen LogP contribution < -0.4 is 10.1 Å². The lowest BCUT2D eigenvalue weighted by atomic mass is 10.2. The minimum atomic E-state index is -0.0929. The zero-order valence-corrected chi connectivity index (χ0v) is 15.4. The highest BCUT2D eigenvalue weighted by Gasteiger charge is 2.11. The van der Waals surface area contributed by atoms with Crippen molar-refractivity contribution < 1.29 is 13.9 Å². The van der Waals surface area contributed by atoms with Gasteiger partial charge in [-0.25, -0.2) is 9.97 Å². The van der Waals surface area contributed by atoms with Gasteiger partial charge < -0.3 is 14.5 Å². The average Bonchev–Trinajstić information content (AvgIpc) is 3.32. The molecule has 3 aromatic heterocycles. The number of rotatable bonds is 9. The van der Waals surface area contributed by atoms with Crippen LogP contribution in [0, 0.1) is 0 Å². The third-order valence-electron chi connectivity index (χ3n) is 3.69. The predicted octanol–water partition coefficient (Wildman–Crippen LogP) is 3.84. The summed E-state index contributed by atoms with van der Waals surface area (Å²) in [5.74, 6) is 1.20. The zero-order chi connectivity index (χ0) is 18.2. The minimum absolute atomic E-state index is 0.0929. The van der Waals surface area contributed by atoms with Crippen molar-refractivity contribution in [3.05, 3.63) is 53.4 Å². The molecule has 0 saturated heterocycles. The first-order chi connectivity index (χ1) is 12.8. The lowest BCUT2D eigenvalue weighted by molar-refractivity contribution is -0.120. The van der Waals surface area contributed by atoms with Crippen molar-refractivity contribution in [2.24, 2.45) is 0 Å². The van der Waals surface area contributed by atoms with Gasteiger partial charge >= 0.3 is 0 Å². The van der Waals surface area contributed by atoms with E-state index in [1.165, 1.54) is 11.3 Å². The molecular formula is C19H21N3O3S. The van der Waals surface area contributed by atoms with Gasteiger partial charge in [0.15, 0.2) is 10.8 Å². The fourth-order valence-electron chi connectivity index (χ4n) is 2.32. The maximum atomic E-state index is 12.2. The highest BCUT2D eigenvalue weighted by molar-refractivity contribution is 7.13. The van der Waals surface area contributed by atoms with Crippen LogP contribution in [0.25, 0.3) is 10.8 Å². The summed E-state index contributed by atoms with van der Waals surface area (Å²) < 4.78 is 11.0. The Bertz CT molecular complexity index is 830. The van der Waals surface area contributed by atoms with Gasteiger partial charge in [0.2, 0.25) is 11.8 Å². The lowest BCUT2D eigenvalue weighted by Gasteiger charge is -2.10. The van der Waals surface area contributed by atoms with Crippen molar-refractivity contribution in [2.75, 3.05) is 6.61 Å². The van der Waals surface area contributed by atoms with Crippen LogP contribution in [-0.2, 0) is 17.8 Å². The molecule has 0 unspecified atom stereocenters. The molecule has 0 saturated carbocycles. The summed E-state index contributed by atoms with van der Waals surface area (Å²) in [5.41, 5.74) is 1.59. The summed E-state index contributed by atoms with van der Waals surface area (Å²) in [4.78, 5) is 20.9. The van der Waals surface area contributed by atoms with Crippen molar-refractivity contribution in [1.29, 1.82) is 0 Å². The van der Waals surface area contributed by atoms with E-state index in [9.17, 15) is 4.79 Å². The van der Waals surface area contributed by atoms with E-state index in [0.717, 1.165) is 29.1 Å². The van der Waals surface area contributed by atoms with Crippen LogP contribution in [0.15, 0.2) is 46.5 Å². The number of carbonyl (C=O) groups is 1. The zero-order valence-electron chi connectivity index (χ0n) is 14.6. The Morgan fingerprint density at radius 2 is 2.27 bits per heavy atom. The quantitative estimate of drug-likeness (QED) is 0.578. The Balaban J connectivity index is 1.53. The Hall–Kier alpha value is -2.67. The number of amides is 1. The normalized spacial score (nSPS) is 10.7. The van der Waals surface area contributed by atoms with Crippen LogP contribution in [0.3, 0.4) is 0 Å². The van der Waals surface area contributed by atoms with Crippen molar-refractivity contribution in [1.82, 2.24) is 15.3 Å². The third-order valence-corrected chi connectivity index (χ3v) is 4.59. The first-order valence-electron chi connectivity index (χ1n) is 8.58. The number of aromatic nitrogens is 2. The van der Waals surface area contributed by atoms with Crippen molar-refractivity contribution in [3.63, 3.8) is 0 Å². The first-order valence-corrected chi connectivity index (χ1v) is 9.46. The number of nitrogens with zero attached hydrogens (tertiary/aromatic N) is 2. The Kier molecular flexibility index (Phi) is 6.38. The molecule has 0 aliphatic rings. The number of unbranched alkanes of at least 4 members (excludes halogenated alkanes) is 1. The van der Waals surface area contributed by atoms with E-state index in [0.29, 0.717) is 24.8 Å². The smallest absolute Gasteiger partial charge is 0.226 e. The Morgan fingerprint density at radius 1 is 1.35 bits per heavy atom. The van der Waals surface area contributed by atoms with E-state index in [2.05, 4.69) is 22.2 Å².